The SMILES string of the molecule is Cc1cnc(NC2CN3CCC2CC3)[nH]1. The van der Waals surface area contributed by atoms with E-state index in [9.17, 15) is 0 Å². The lowest BCUT2D eigenvalue weighted by Crippen LogP contribution is -2.53. The average molecular weight is 206 g/mol. The van der Waals surface area contributed by atoms with Crippen LogP contribution in [0.2, 0.25) is 0 Å². The number of hydrogen-bond donors (Lipinski definition) is 2. The van der Waals surface area contributed by atoms with E-state index in [4.69, 9.17) is 0 Å². The van der Waals surface area contributed by atoms with Crippen LogP contribution in [0, 0.1) is 12.8 Å². The van der Waals surface area contributed by atoms with E-state index in [0.717, 1.165) is 17.6 Å². The number of nitrogens with one attached hydrogen (secondary N) is 2. The first-order valence-corrected chi connectivity index (χ1v) is 5.82. The van der Waals surface area contributed by atoms with Gasteiger partial charge in [0, 0.05) is 24.5 Å². The Morgan fingerprint density at radius 3 is 2.80 bits per heavy atom. The predicted molar refractivity (Wildman–Crippen MR) is 59.9 cm³/mol. The highest BCUT2D eigenvalue weighted by atomic mass is 15.2. The average Bonchev–Trinajstić information content (AvgIpc) is 2.66. The van der Waals surface area contributed by atoms with Gasteiger partial charge in [-0.25, -0.2) is 4.98 Å². The minimum absolute atomic E-state index is 0.595. The van der Waals surface area contributed by atoms with Gasteiger partial charge in [-0.2, -0.15) is 0 Å². The molecule has 4 heterocycles. The van der Waals surface area contributed by atoms with Crippen LogP contribution in [0.25, 0.3) is 0 Å². The number of anilines is 1. The number of aryl methyl sites for hydroxylation is 1. The molecular weight excluding hydrogens is 188 g/mol. The van der Waals surface area contributed by atoms with Crippen LogP contribution in [-0.4, -0.2) is 40.5 Å². The number of hydrogen-bond acceptors (Lipinski definition) is 3. The first-order valence-electron chi connectivity index (χ1n) is 5.82. The largest absolute Gasteiger partial charge is 0.352 e. The molecule has 3 saturated heterocycles. The van der Waals surface area contributed by atoms with Crippen molar-refractivity contribution in [3.05, 3.63) is 11.9 Å². The molecule has 3 aliphatic heterocycles. The van der Waals surface area contributed by atoms with Gasteiger partial charge in [-0.1, -0.05) is 0 Å². The van der Waals surface area contributed by atoms with Crippen LogP contribution in [0.1, 0.15) is 18.5 Å². The Bertz CT molecular complexity index is 338. The van der Waals surface area contributed by atoms with Crippen LogP contribution in [0.5, 0.6) is 0 Å². The van der Waals surface area contributed by atoms with Crippen molar-refractivity contribution in [1.82, 2.24) is 14.9 Å². The summed E-state index contributed by atoms with van der Waals surface area (Å²) in [4.78, 5) is 10.1. The topological polar surface area (TPSA) is 44.0 Å². The molecule has 4 nitrogen and oxygen atoms in total. The summed E-state index contributed by atoms with van der Waals surface area (Å²) in [5.41, 5.74) is 1.12. The number of H-pyrrole nitrogens is 1. The summed E-state index contributed by atoms with van der Waals surface area (Å²) in [6, 6.07) is 0.595. The fraction of sp³-hybridized carbons (Fsp3) is 0.727. The molecule has 1 atom stereocenters. The van der Waals surface area contributed by atoms with Crippen molar-refractivity contribution in [2.24, 2.45) is 5.92 Å². The van der Waals surface area contributed by atoms with Crippen LogP contribution in [0.4, 0.5) is 5.95 Å². The lowest BCUT2D eigenvalue weighted by molar-refractivity contribution is 0.0972. The van der Waals surface area contributed by atoms with Crippen molar-refractivity contribution < 1.29 is 0 Å². The van der Waals surface area contributed by atoms with E-state index in [1.165, 1.54) is 32.5 Å². The Kier molecular flexibility index (Phi) is 2.16. The molecule has 82 valence electrons. The van der Waals surface area contributed by atoms with Gasteiger partial charge >= 0.3 is 0 Å². The zero-order valence-corrected chi connectivity index (χ0v) is 9.16. The molecule has 4 heteroatoms. The van der Waals surface area contributed by atoms with E-state index in [2.05, 4.69) is 20.2 Å². The van der Waals surface area contributed by atoms with Crippen LogP contribution in [0.3, 0.4) is 0 Å². The zero-order chi connectivity index (χ0) is 10.3. The van der Waals surface area contributed by atoms with Crippen molar-refractivity contribution in [2.75, 3.05) is 25.0 Å². The van der Waals surface area contributed by atoms with Crippen LogP contribution < -0.4 is 5.32 Å². The minimum atomic E-state index is 0.595. The Morgan fingerprint density at radius 1 is 1.47 bits per heavy atom. The molecular formula is C11H18N4. The maximum Gasteiger partial charge on any atom is 0.200 e. The normalized spacial score (nSPS) is 34.3. The van der Waals surface area contributed by atoms with Gasteiger partial charge in [0.2, 0.25) is 5.95 Å². The van der Waals surface area contributed by atoms with Crippen LogP contribution in [-0.2, 0) is 0 Å². The lowest BCUT2D eigenvalue weighted by Gasteiger charge is -2.44. The fourth-order valence-electron chi connectivity index (χ4n) is 2.79. The maximum absolute atomic E-state index is 4.31. The summed E-state index contributed by atoms with van der Waals surface area (Å²) >= 11 is 0. The number of aromatic amines is 1. The van der Waals surface area contributed by atoms with E-state index < -0.39 is 0 Å². The molecule has 15 heavy (non-hydrogen) atoms. The van der Waals surface area contributed by atoms with Gasteiger partial charge in [-0.05, 0) is 38.8 Å². The summed E-state index contributed by atoms with van der Waals surface area (Å²) in [7, 11) is 0. The number of fused-ring (bicyclic) bond motifs is 3. The first kappa shape index (κ1) is 9.21. The third-order valence-corrected chi connectivity index (χ3v) is 3.68. The summed E-state index contributed by atoms with van der Waals surface area (Å²) in [5, 5.41) is 3.52. The van der Waals surface area contributed by atoms with Crippen molar-refractivity contribution in [3.63, 3.8) is 0 Å². The quantitative estimate of drug-likeness (QED) is 0.765. The van der Waals surface area contributed by atoms with Gasteiger partial charge in [-0.3, -0.25) is 0 Å². The molecule has 1 unspecified atom stereocenters. The predicted octanol–water partition coefficient (Wildman–Crippen LogP) is 1.22. The van der Waals surface area contributed by atoms with Crippen molar-refractivity contribution in [3.8, 4) is 0 Å². The van der Waals surface area contributed by atoms with E-state index in [1.54, 1.807) is 0 Å². The Labute approximate surface area is 90.1 Å². The maximum atomic E-state index is 4.31. The number of rotatable bonds is 2. The molecule has 1 aromatic rings. The molecule has 0 spiro atoms. The molecule has 3 fully saturated rings. The molecule has 2 bridgehead atoms. The lowest BCUT2D eigenvalue weighted by atomic mass is 9.84. The van der Waals surface area contributed by atoms with E-state index in [1.807, 2.05) is 13.1 Å². The van der Waals surface area contributed by atoms with Crippen molar-refractivity contribution in [1.29, 1.82) is 0 Å². The Morgan fingerprint density at radius 2 is 2.27 bits per heavy atom. The second-order valence-electron chi connectivity index (χ2n) is 4.80. The number of aromatic nitrogens is 2. The Balaban J connectivity index is 1.68. The van der Waals surface area contributed by atoms with E-state index in [-0.39, 0.29) is 0 Å². The molecule has 0 amide bonds. The van der Waals surface area contributed by atoms with Gasteiger partial charge < -0.3 is 15.2 Å². The summed E-state index contributed by atoms with van der Waals surface area (Å²) in [5.74, 6) is 1.78. The standard InChI is InChI=1S/C11H18N4/c1-8-6-12-11(13-8)14-10-7-15-4-2-9(10)3-5-15/h6,9-10H,2-5,7H2,1H3,(H2,12,13,14). The summed E-state index contributed by atoms with van der Waals surface area (Å²) < 4.78 is 0. The second kappa shape index (κ2) is 3.52. The highest BCUT2D eigenvalue weighted by Crippen LogP contribution is 2.28. The minimum Gasteiger partial charge on any atom is -0.352 e. The van der Waals surface area contributed by atoms with Crippen molar-refractivity contribution >= 4 is 5.95 Å². The summed E-state index contributed by atoms with van der Waals surface area (Å²) in [6.07, 6.45) is 4.57. The highest BCUT2D eigenvalue weighted by Gasteiger charge is 2.34. The van der Waals surface area contributed by atoms with Crippen LogP contribution in [0.15, 0.2) is 6.20 Å². The monoisotopic (exact) mass is 206 g/mol. The van der Waals surface area contributed by atoms with Crippen LogP contribution >= 0.6 is 0 Å². The molecule has 3 aliphatic rings. The molecule has 2 N–H and O–H groups in total. The number of nitrogens with zero attached hydrogens (tertiary/aromatic N) is 2. The van der Waals surface area contributed by atoms with Gasteiger partial charge in [0.25, 0.3) is 0 Å². The van der Waals surface area contributed by atoms with E-state index in [0.29, 0.717) is 6.04 Å². The van der Waals surface area contributed by atoms with Gasteiger partial charge in [0.1, 0.15) is 0 Å². The second-order valence-corrected chi connectivity index (χ2v) is 4.80. The third kappa shape index (κ3) is 1.74. The first-order chi connectivity index (χ1) is 7.31. The molecule has 0 radical (unpaired) electrons. The van der Waals surface area contributed by atoms with Crippen molar-refractivity contribution in [2.45, 2.75) is 25.8 Å². The summed E-state index contributed by atoms with van der Waals surface area (Å²) in [6.45, 7) is 5.80. The molecule has 4 rings (SSSR count). The highest BCUT2D eigenvalue weighted by molar-refractivity contribution is 5.28. The number of imidazole rings is 1. The van der Waals surface area contributed by atoms with E-state index >= 15 is 0 Å². The van der Waals surface area contributed by atoms with Gasteiger partial charge in [0.05, 0.1) is 0 Å². The van der Waals surface area contributed by atoms with Gasteiger partial charge in [-0.15, -0.1) is 0 Å². The number of piperidine rings is 3. The molecule has 0 saturated carbocycles. The molecule has 0 aromatic carbocycles. The fourth-order valence-corrected chi connectivity index (χ4v) is 2.79. The Hall–Kier alpha value is -1.03. The molecule has 1 aromatic heterocycles. The van der Waals surface area contributed by atoms with Gasteiger partial charge in [0.15, 0.2) is 0 Å². The molecule has 0 aliphatic carbocycles. The third-order valence-electron chi connectivity index (χ3n) is 3.68. The zero-order valence-electron chi connectivity index (χ0n) is 9.16. The smallest absolute Gasteiger partial charge is 0.200 e.